The summed E-state index contributed by atoms with van der Waals surface area (Å²) in [6.07, 6.45) is 9.56. The van der Waals surface area contributed by atoms with Gasteiger partial charge in [0.15, 0.2) is 0 Å². The number of nitrogens with zero attached hydrogens (tertiary/aromatic N) is 1. The first-order valence-corrected chi connectivity index (χ1v) is 7.12. The van der Waals surface area contributed by atoms with Gasteiger partial charge in [-0.1, -0.05) is 39.5 Å². The first-order chi connectivity index (χ1) is 7.70. The summed E-state index contributed by atoms with van der Waals surface area (Å²) in [4.78, 5) is 2.65. The fourth-order valence-electron chi connectivity index (χ4n) is 2.86. The first-order valence-electron chi connectivity index (χ1n) is 7.12. The van der Waals surface area contributed by atoms with Gasteiger partial charge in [-0.25, -0.2) is 0 Å². The highest BCUT2D eigenvalue weighted by Crippen LogP contribution is 2.24. The Hall–Kier alpha value is -0.0800. The Morgan fingerprint density at radius 2 is 1.62 bits per heavy atom. The molecule has 16 heavy (non-hydrogen) atoms. The predicted molar refractivity (Wildman–Crippen MR) is 71.6 cm³/mol. The van der Waals surface area contributed by atoms with Gasteiger partial charge in [0, 0.05) is 6.54 Å². The zero-order valence-corrected chi connectivity index (χ0v) is 11.3. The molecular weight excluding hydrogens is 196 g/mol. The molecule has 0 saturated carbocycles. The van der Waals surface area contributed by atoms with Crippen molar-refractivity contribution in [3.63, 3.8) is 0 Å². The summed E-state index contributed by atoms with van der Waals surface area (Å²) in [5.41, 5.74) is 6.29. The molecule has 0 aliphatic carbocycles. The molecule has 1 aliphatic rings. The molecule has 1 unspecified atom stereocenters. The third-order valence-electron chi connectivity index (χ3n) is 3.90. The molecule has 1 rings (SSSR count). The van der Waals surface area contributed by atoms with Crippen molar-refractivity contribution in [2.75, 3.05) is 26.2 Å². The largest absolute Gasteiger partial charge is 0.330 e. The van der Waals surface area contributed by atoms with Crippen molar-refractivity contribution in [1.29, 1.82) is 0 Å². The Labute approximate surface area is 102 Å². The van der Waals surface area contributed by atoms with Crippen LogP contribution in [0.1, 0.15) is 58.8 Å². The lowest BCUT2D eigenvalue weighted by Crippen LogP contribution is -2.41. The van der Waals surface area contributed by atoms with Gasteiger partial charge in [0.05, 0.1) is 0 Å². The van der Waals surface area contributed by atoms with Crippen LogP contribution in [0.4, 0.5) is 0 Å². The number of hydrogen-bond donors (Lipinski definition) is 1. The van der Waals surface area contributed by atoms with Crippen molar-refractivity contribution in [3.05, 3.63) is 0 Å². The van der Waals surface area contributed by atoms with Crippen LogP contribution < -0.4 is 5.73 Å². The Morgan fingerprint density at radius 3 is 2.12 bits per heavy atom. The van der Waals surface area contributed by atoms with E-state index in [9.17, 15) is 0 Å². The molecule has 1 heterocycles. The molecule has 96 valence electrons. The fourth-order valence-corrected chi connectivity index (χ4v) is 2.86. The van der Waals surface area contributed by atoms with Crippen LogP contribution in [-0.2, 0) is 0 Å². The average molecular weight is 226 g/mol. The highest BCUT2D eigenvalue weighted by atomic mass is 15.1. The molecule has 2 N–H and O–H groups in total. The molecule has 1 aliphatic heterocycles. The molecule has 2 heteroatoms. The zero-order chi connectivity index (χ0) is 11.9. The molecule has 0 spiro atoms. The van der Waals surface area contributed by atoms with Crippen LogP contribution in [0, 0.1) is 5.41 Å². The van der Waals surface area contributed by atoms with Crippen molar-refractivity contribution in [1.82, 2.24) is 4.90 Å². The highest BCUT2D eigenvalue weighted by molar-refractivity contribution is 4.79. The second-order valence-corrected chi connectivity index (χ2v) is 5.81. The summed E-state index contributed by atoms with van der Waals surface area (Å²) in [6.45, 7) is 9.24. The minimum atomic E-state index is 0.341. The summed E-state index contributed by atoms with van der Waals surface area (Å²) in [5.74, 6) is 0. The van der Waals surface area contributed by atoms with E-state index >= 15 is 0 Å². The lowest BCUT2D eigenvalue weighted by atomic mass is 9.85. The topological polar surface area (TPSA) is 29.3 Å². The van der Waals surface area contributed by atoms with Crippen molar-refractivity contribution in [2.45, 2.75) is 58.8 Å². The number of hydrogen-bond acceptors (Lipinski definition) is 2. The molecule has 0 amide bonds. The van der Waals surface area contributed by atoms with E-state index in [0.29, 0.717) is 5.41 Å². The van der Waals surface area contributed by atoms with E-state index in [-0.39, 0.29) is 0 Å². The standard InChI is InChI=1S/C14H30N2/c1-3-9-14(2,12-15)13-16-10-7-5-4-6-8-11-16/h3-13,15H2,1-2H3. The lowest BCUT2D eigenvalue weighted by Gasteiger charge is -2.35. The molecule has 0 bridgehead atoms. The highest BCUT2D eigenvalue weighted by Gasteiger charge is 2.24. The second kappa shape index (κ2) is 7.29. The SMILES string of the molecule is CCCC(C)(CN)CN1CCCCCCC1. The minimum Gasteiger partial charge on any atom is -0.330 e. The molecule has 1 fully saturated rings. The Morgan fingerprint density at radius 1 is 1.06 bits per heavy atom. The second-order valence-electron chi connectivity index (χ2n) is 5.81. The monoisotopic (exact) mass is 226 g/mol. The van der Waals surface area contributed by atoms with Gasteiger partial charge in [0.1, 0.15) is 0 Å². The van der Waals surface area contributed by atoms with Crippen LogP contribution in [-0.4, -0.2) is 31.1 Å². The van der Waals surface area contributed by atoms with Crippen LogP contribution in [0.2, 0.25) is 0 Å². The predicted octanol–water partition coefficient (Wildman–Crippen LogP) is 3.02. The molecule has 1 atom stereocenters. The number of nitrogens with two attached hydrogens (primary N) is 1. The van der Waals surface area contributed by atoms with Crippen molar-refractivity contribution >= 4 is 0 Å². The van der Waals surface area contributed by atoms with Gasteiger partial charge < -0.3 is 10.6 Å². The molecule has 0 radical (unpaired) electrons. The van der Waals surface area contributed by atoms with Crippen molar-refractivity contribution < 1.29 is 0 Å². The summed E-state index contributed by atoms with van der Waals surface area (Å²) < 4.78 is 0. The van der Waals surface area contributed by atoms with Crippen LogP contribution in [0.5, 0.6) is 0 Å². The minimum absolute atomic E-state index is 0.341. The van der Waals surface area contributed by atoms with E-state index in [0.717, 1.165) is 6.54 Å². The van der Waals surface area contributed by atoms with Crippen LogP contribution in [0.15, 0.2) is 0 Å². The molecule has 1 saturated heterocycles. The van der Waals surface area contributed by atoms with Crippen molar-refractivity contribution in [3.8, 4) is 0 Å². The van der Waals surface area contributed by atoms with Crippen LogP contribution in [0.3, 0.4) is 0 Å². The van der Waals surface area contributed by atoms with Gasteiger partial charge >= 0.3 is 0 Å². The van der Waals surface area contributed by atoms with Gasteiger partial charge in [0.2, 0.25) is 0 Å². The van der Waals surface area contributed by atoms with Crippen molar-refractivity contribution in [2.24, 2.45) is 11.1 Å². The van der Waals surface area contributed by atoms with E-state index in [2.05, 4.69) is 18.7 Å². The molecule has 2 nitrogen and oxygen atoms in total. The lowest BCUT2D eigenvalue weighted by molar-refractivity contribution is 0.148. The number of likely N-dealkylation sites (tertiary alicyclic amines) is 1. The molecule has 0 aromatic rings. The van der Waals surface area contributed by atoms with E-state index < -0.39 is 0 Å². The quantitative estimate of drug-likeness (QED) is 0.781. The van der Waals surface area contributed by atoms with E-state index in [4.69, 9.17) is 5.73 Å². The van der Waals surface area contributed by atoms with Gasteiger partial charge in [-0.05, 0) is 44.3 Å². The summed E-state index contributed by atoms with van der Waals surface area (Å²) in [6, 6.07) is 0. The third-order valence-corrected chi connectivity index (χ3v) is 3.90. The Bertz CT molecular complexity index is 174. The molecule has 0 aromatic heterocycles. The summed E-state index contributed by atoms with van der Waals surface area (Å²) in [5, 5.41) is 0. The molecule has 0 aromatic carbocycles. The number of rotatable bonds is 5. The Kier molecular flexibility index (Phi) is 6.37. The zero-order valence-electron chi connectivity index (χ0n) is 11.3. The van der Waals surface area contributed by atoms with E-state index in [1.165, 1.54) is 64.6 Å². The van der Waals surface area contributed by atoms with Gasteiger partial charge in [-0.15, -0.1) is 0 Å². The normalized spacial score (nSPS) is 23.4. The van der Waals surface area contributed by atoms with Crippen LogP contribution in [0.25, 0.3) is 0 Å². The maximum absolute atomic E-state index is 5.95. The van der Waals surface area contributed by atoms with Gasteiger partial charge in [-0.3, -0.25) is 0 Å². The van der Waals surface area contributed by atoms with E-state index in [1.54, 1.807) is 0 Å². The summed E-state index contributed by atoms with van der Waals surface area (Å²) in [7, 11) is 0. The maximum atomic E-state index is 5.95. The van der Waals surface area contributed by atoms with Crippen LogP contribution >= 0.6 is 0 Å². The molecular formula is C14H30N2. The third kappa shape index (κ3) is 4.84. The first kappa shape index (κ1) is 14.0. The van der Waals surface area contributed by atoms with E-state index in [1.807, 2.05) is 0 Å². The fraction of sp³-hybridized carbons (Fsp3) is 1.00. The average Bonchev–Trinajstić information content (AvgIpc) is 2.22. The summed E-state index contributed by atoms with van der Waals surface area (Å²) >= 11 is 0. The Balaban J connectivity index is 2.41. The van der Waals surface area contributed by atoms with Gasteiger partial charge in [-0.2, -0.15) is 0 Å². The smallest absolute Gasteiger partial charge is 0.00474 e. The maximum Gasteiger partial charge on any atom is 0.00474 e. The van der Waals surface area contributed by atoms with Gasteiger partial charge in [0.25, 0.3) is 0 Å².